The normalized spacial score (nSPS) is 26.0. The maximum Gasteiger partial charge on any atom is 0.345 e. The number of methoxy groups -OCH3 is 1. The maximum atomic E-state index is 11.9. The van der Waals surface area contributed by atoms with Crippen LogP contribution < -0.4 is 0 Å². The molecule has 2 aromatic carbocycles. The fourth-order valence-corrected chi connectivity index (χ4v) is 2.45. The van der Waals surface area contributed by atoms with Crippen molar-refractivity contribution in [1.29, 1.82) is 0 Å². The Balaban J connectivity index is 2.12. The first-order valence-corrected chi connectivity index (χ1v) is 5.94. The Labute approximate surface area is 105 Å². The molecule has 3 nitrogen and oxygen atoms in total. The zero-order chi connectivity index (χ0) is 12.8. The summed E-state index contributed by atoms with van der Waals surface area (Å²) in [6.45, 7) is 1.88. The van der Waals surface area contributed by atoms with E-state index in [-0.39, 0.29) is 12.1 Å². The average Bonchev–Trinajstić information content (AvgIpc) is 3.10. The number of esters is 1. The molecule has 3 heteroatoms. The molecule has 0 bridgehead atoms. The Bertz CT molecular complexity index is 620. The standard InChI is InChI=1S/C15H14O3/c1-10-15(18-10,14(16)17-2)13-8-7-11-5-3-4-6-12(11)9-13/h3-10H,1-2H3. The van der Waals surface area contributed by atoms with Gasteiger partial charge in [0.05, 0.1) is 7.11 Å². The van der Waals surface area contributed by atoms with Crippen LogP contribution in [0, 0.1) is 0 Å². The van der Waals surface area contributed by atoms with Gasteiger partial charge in [0.15, 0.2) is 0 Å². The molecule has 3 rings (SSSR count). The number of hydrogen-bond acceptors (Lipinski definition) is 3. The topological polar surface area (TPSA) is 38.8 Å². The molecule has 2 atom stereocenters. The number of rotatable bonds is 2. The van der Waals surface area contributed by atoms with Crippen molar-refractivity contribution in [2.45, 2.75) is 18.6 Å². The Kier molecular flexibility index (Phi) is 2.38. The van der Waals surface area contributed by atoms with Crippen molar-refractivity contribution in [3.05, 3.63) is 48.0 Å². The van der Waals surface area contributed by atoms with Crippen LogP contribution in [-0.4, -0.2) is 19.2 Å². The zero-order valence-corrected chi connectivity index (χ0v) is 10.3. The van der Waals surface area contributed by atoms with E-state index < -0.39 is 5.60 Å². The van der Waals surface area contributed by atoms with E-state index in [9.17, 15) is 4.79 Å². The van der Waals surface area contributed by atoms with Gasteiger partial charge in [-0.15, -0.1) is 0 Å². The Morgan fingerprint density at radius 3 is 2.50 bits per heavy atom. The average molecular weight is 242 g/mol. The molecule has 0 spiro atoms. The Hall–Kier alpha value is -1.87. The van der Waals surface area contributed by atoms with Gasteiger partial charge in [0.25, 0.3) is 0 Å². The van der Waals surface area contributed by atoms with Crippen LogP contribution in [0.1, 0.15) is 12.5 Å². The van der Waals surface area contributed by atoms with Crippen LogP contribution in [0.4, 0.5) is 0 Å². The minimum absolute atomic E-state index is 0.133. The minimum atomic E-state index is -0.904. The van der Waals surface area contributed by atoms with Crippen molar-refractivity contribution >= 4 is 16.7 Å². The van der Waals surface area contributed by atoms with Gasteiger partial charge in [-0.05, 0) is 29.3 Å². The van der Waals surface area contributed by atoms with E-state index in [1.165, 1.54) is 7.11 Å². The SMILES string of the molecule is COC(=O)C1(c2ccc3ccccc3c2)OC1C. The van der Waals surface area contributed by atoms with Crippen molar-refractivity contribution in [2.24, 2.45) is 0 Å². The van der Waals surface area contributed by atoms with Crippen molar-refractivity contribution in [3.63, 3.8) is 0 Å². The summed E-state index contributed by atoms with van der Waals surface area (Å²) < 4.78 is 10.4. The highest BCUT2D eigenvalue weighted by atomic mass is 16.7. The van der Waals surface area contributed by atoms with Crippen molar-refractivity contribution in [2.75, 3.05) is 7.11 Å². The summed E-state index contributed by atoms with van der Waals surface area (Å²) in [5.74, 6) is -0.328. The molecule has 0 N–H and O–H groups in total. The first kappa shape index (κ1) is 11.2. The fourth-order valence-electron chi connectivity index (χ4n) is 2.45. The molecule has 1 aliphatic rings. The van der Waals surface area contributed by atoms with Crippen LogP contribution in [0.3, 0.4) is 0 Å². The highest BCUT2D eigenvalue weighted by molar-refractivity contribution is 5.89. The summed E-state index contributed by atoms with van der Waals surface area (Å²) in [5, 5.41) is 2.25. The molecular formula is C15H14O3. The second-order valence-electron chi connectivity index (χ2n) is 4.55. The van der Waals surface area contributed by atoms with Gasteiger partial charge in [0, 0.05) is 0 Å². The van der Waals surface area contributed by atoms with Crippen LogP contribution in [0.25, 0.3) is 10.8 Å². The number of carbonyl (C=O) groups is 1. The van der Waals surface area contributed by atoms with Gasteiger partial charge in [0.2, 0.25) is 5.60 Å². The lowest BCUT2D eigenvalue weighted by Gasteiger charge is -2.11. The number of fused-ring (bicyclic) bond motifs is 1. The summed E-state index contributed by atoms with van der Waals surface area (Å²) in [4.78, 5) is 11.9. The van der Waals surface area contributed by atoms with E-state index in [4.69, 9.17) is 9.47 Å². The Morgan fingerprint density at radius 1 is 1.22 bits per heavy atom. The zero-order valence-electron chi connectivity index (χ0n) is 10.3. The molecule has 18 heavy (non-hydrogen) atoms. The molecule has 0 radical (unpaired) electrons. The molecule has 1 fully saturated rings. The molecule has 0 saturated carbocycles. The molecule has 0 aliphatic carbocycles. The largest absolute Gasteiger partial charge is 0.467 e. The van der Waals surface area contributed by atoms with E-state index in [0.29, 0.717) is 0 Å². The third-order valence-electron chi connectivity index (χ3n) is 3.54. The lowest BCUT2D eigenvalue weighted by Crippen LogP contribution is -2.25. The first-order chi connectivity index (χ1) is 8.68. The molecule has 1 saturated heterocycles. The lowest BCUT2D eigenvalue weighted by molar-refractivity contribution is -0.147. The first-order valence-electron chi connectivity index (χ1n) is 5.94. The van der Waals surface area contributed by atoms with Crippen LogP contribution in [0.5, 0.6) is 0 Å². The summed E-state index contributed by atoms with van der Waals surface area (Å²) in [6.07, 6.45) is -0.133. The van der Waals surface area contributed by atoms with Gasteiger partial charge >= 0.3 is 5.97 Å². The third-order valence-corrected chi connectivity index (χ3v) is 3.54. The van der Waals surface area contributed by atoms with E-state index in [2.05, 4.69) is 0 Å². The van der Waals surface area contributed by atoms with E-state index in [0.717, 1.165) is 16.3 Å². The smallest absolute Gasteiger partial charge is 0.345 e. The van der Waals surface area contributed by atoms with E-state index in [1.54, 1.807) is 0 Å². The Morgan fingerprint density at radius 2 is 1.89 bits per heavy atom. The van der Waals surface area contributed by atoms with E-state index in [1.807, 2.05) is 49.4 Å². The van der Waals surface area contributed by atoms with Gasteiger partial charge in [-0.3, -0.25) is 0 Å². The van der Waals surface area contributed by atoms with Gasteiger partial charge in [-0.2, -0.15) is 0 Å². The fraction of sp³-hybridized carbons (Fsp3) is 0.267. The van der Waals surface area contributed by atoms with Crippen LogP contribution in [0.2, 0.25) is 0 Å². The van der Waals surface area contributed by atoms with Gasteiger partial charge < -0.3 is 9.47 Å². The van der Waals surface area contributed by atoms with Crippen molar-refractivity contribution in [3.8, 4) is 0 Å². The molecule has 0 aromatic heterocycles. The molecule has 2 unspecified atom stereocenters. The quantitative estimate of drug-likeness (QED) is 0.600. The highest BCUT2D eigenvalue weighted by Crippen LogP contribution is 2.47. The maximum absolute atomic E-state index is 11.9. The number of carbonyl (C=O) groups excluding carboxylic acids is 1. The molecule has 1 aliphatic heterocycles. The number of hydrogen-bond donors (Lipinski definition) is 0. The second kappa shape index (κ2) is 3.82. The van der Waals surface area contributed by atoms with Gasteiger partial charge in [-0.25, -0.2) is 4.79 Å². The van der Waals surface area contributed by atoms with E-state index >= 15 is 0 Å². The van der Waals surface area contributed by atoms with Gasteiger partial charge in [0.1, 0.15) is 6.10 Å². The van der Waals surface area contributed by atoms with Gasteiger partial charge in [-0.1, -0.05) is 36.4 Å². The molecule has 92 valence electrons. The summed E-state index contributed by atoms with van der Waals surface area (Å²) in [5.41, 5.74) is -0.0424. The summed E-state index contributed by atoms with van der Waals surface area (Å²) in [6, 6.07) is 14.0. The van der Waals surface area contributed by atoms with Crippen molar-refractivity contribution in [1.82, 2.24) is 0 Å². The predicted molar refractivity (Wildman–Crippen MR) is 68.2 cm³/mol. The molecule has 1 heterocycles. The van der Waals surface area contributed by atoms with Crippen LogP contribution in [-0.2, 0) is 19.9 Å². The minimum Gasteiger partial charge on any atom is -0.467 e. The molecule has 0 amide bonds. The number of benzene rings is 2. The lowest BCUT2D eigenvalue weighted by atomic mass is 9.93. The molecule has 2 aromatic rings. The van der Waals surface area contributed by atoms with Crippen molar-refractivity contribution < 1.29 is 14.3 Å². The molecular weight excluding hydrogens is 228 g/mol. The third kappa shape index (κ3) is 1.44. The summed E-state index contributed by atoms with van der Waals surface area (Å²) >= 11 is 0. The van der Waals surface area contributed by atoms with Crippen LogP contribution in [0.15, 0.2) is 42.5 Å². The van der Waals surface area contributed by atoms with Crippen LogP contribution >= 0.6 is 0 Å². The monoisotopic (exact) mass is 242 g/mol. The number of epoxide rings is 1. The predicted octanol–water partition coefficient (Wildman–Crippen LogP) is 2.63. The summed E-state index contributed by atoms with van der Waals surface area (Å²) in [7, 11) is 1.39. The number of ether oxygens (including phenoxy) is 2. The highest BCUT2D eigenvalue weighted by Gasteiger charge is 2.62. The second-order valence-corrected chi connectivity index (χ2v) is 4.55.